The van der Waals surface area contributed by atoms with Crippen molar-refractivity contribution in [3.63, 3.8) is 0 Å². The summed E-state index contributed by atoms with van der Waals surface area (Å²) >= 11 is 7.38. The Morgan fingerprint density at radius 2 is 2.00 bits per heavy atom. The molecule has 0 amide bonds. The van der Waals surface area contributed by atoms with Gasteiger partial charge in [-0.1, -0.05) is 31.9 Å². The van der Waals surface area contributed by atoms with E-state index in [-0.39, 0.29) is 4.83 Å². The van der Waals surface area contributed by atoms with Crippen molar-refractivity contribution in [2.75, 3.05) is 20.8 Å². The fourth-order valence-electron chi connectivity index (χ4n) is 2.47. The van der Waals surface area contributed by atoms with E-state index in [2.05, 4.69) is 31.9 Å². The molecule has 0 spiro atoms. The van der Waals surface area contributed by atoms with Gasteiger partial charge in [-0.15, -0.1) is 0 Å². The largest absolute Gasteiger partial charge is 0.493 e. The summed E-state index contributed by atoms with van der Waals surface area (Å²) in [5.74, 6) is 1.49. The van der Waals surface area contributed by atoms with E-state index >= 15 is 0 Å². The maximum absolute atomic E-state index is 5.67. The zero-order valence-corrected chi connectivity index (χ0v) is 15.0. The lowest BCUT2D eigenvalue weighted by atomic mass is 10.0. The normalized spacial score (nSPS) is 19.9. The Morgan fingerprint density at radius 3 is 2.60 bits per heavy atom. The second-order valence-electron chi connectivity index (χ2n) is 4.91. The van der Waals surface area contributed by atoms with Gasteiger partial charge in [-0.25, -0.2) is 0 Å². The van der Waals surface area contributed by atoms with Crippen LogP contribution in [0.3, 0.4) is 0 Å². The molecule has 2 atom stereocenters. The van der Waals surface area contributed by atoms with Crippen LogP contribution in [0.1, 0.15) is 36.1 Å². The standard InChI is InChI=1S/C15H20Br2O3/c1-18-14-8-11(13(17)9-15(14)19-2)12(16)6-5-10-4-3-7-20-10/h8-10,12H,3-7H2,1-2H3. The van der Waals surface area contributed by atoms with Gasteiger partial charge in [0.1, 0.15) is 0 Å². The minimum Gasteiger partial charge on any atom is -0.493 e. The van der Waals surface area contributed by atoms with Crippen molar-refractivity contribution >= 4 is 31.9 Å². The van der Waals surface area contributed by atoms with Crippen molar-refractivity contribution in [3.05, 3.63) is 22.2 Å². The molecule has 1 saturated heterocycles. The van der Waals surface area contributed by atoms with Crippen molar-refractivity contribution in [3.8, 4) is 11.5 Å². The van der Waals surface area contributed by atoms with Gasteiger partial charge in [0, 0.05) is 15.9 Å². The molecule has 0 bridgehead atoms. The molecule has 1 aliphatic heterocycles. The molecule has 0 aliphatic carbocycles. The van der Waals surface area contributed by atoms with E-state index in [9.17, 15) is 0 Å². The van der Waals surface area contributed by atoms with E-state index in [0.717, 1.165) is 35.4 Å². The lowest BCUT2D eigenvalue weighted by Crippen LogP contribution is -2.06. The fraction of sp³-hybridized carbons (Fsp3) is 0.600. The minimum absolute atomic E-state index is 0.279. The number of alkyl halides is 1. The van der Waals surface area contributed by atoms with E-state index in [1.54, 1.807) is 14.2 Å². The first-order valence-corrected chi connectivity index (χ1v) is 8.53. The zero-order chi connectivity index (χ0) is 14.5. The molecule has 0 saturated carbocycles. The highest BCUT2D eigenvalue weighted by Crippen LogP contribution is 2.40. The van der Waals surface area contributed by atoms with Gasteiger partial charge in [-0.3, -0.25) is 0 Å². The maximum Gasteiger partial charge on any atom is 0.161 e. The molecule has 20 heavy (non-hydrogen) atoms. The van der Waals surface area contributed by atoms with Crippen LogP contribution in [0.15, 0.2) is 16.6 Å². The number of rotatable bonds is 6. The van der Waals surface area contributed by atoms with Gasteiger partial charge in [0.15, 0.2) is 11.5 Å². The predicted molar refractivity (Wildman–Crippen MR) is 87.1 cm³/mol. The van der Waals surface area contributed by atoms with Gasteiger partial charge in [0.05, 0.1) is 20.3 Å². The second-order valence-corrected chi connectivity index (χ2v) is 6.87. The summed E-state index contributed by atoms with van der Waals surface area (Å²) in [5, 5.41) is 0. The van der Waals surface area contributed by atoms with Gasteiger partial charge in [-0.2, -0.15) is 0 Å². The smallest absolute Gasteiger partial charge is 0.161 e. The molecular weight excluding hydrogens is 388 g/mol. The van der Waals surface area contributed by atoms with E-state index in [0.29, 0.717) is 6.10 Å². The first kappa shape index (κ1) is 16.1. The van der Waals surface area contributed by atoms with Gasteiger partial charge in [0.2, 0.25) is 0 Å². The van der Waals surface area contributed by atoms with Crippen LogP contribution in [0.2, 0.25) is 0 Å². The number of hydrogen-bond acceptors (Lipinski definition) is 3. The summed E-state index contributed by atoms with van der Waals surface area (Å²) in [4.78, 5) is 0.279. The summed E-state index contributed by atoms with van der Waals surface area (Å²) in [6.07, 6.45) is 4.92. The summed E-state index contributed by atoms with van der Waals surface area (Å²) in [6.45, 7) is 0.914. The first-order chi connectivity index (χ1) is 9.65. The minimum atomic E-state index is 0.279. The molecule has 1 fully saturated rings. The zero-order valence-electron chi connectivity index (χ0n) is 11.8. The fourth-order valence-corrected chi connectivity index (χ4v) is 4.02. The molecule has 1 aromatic carbocycles. The molecule has 1 heterocycles. The Bertz CT molecular complexity index is 445. The average Bonchev–Trinajstić information content (AvgIpc) is 2.97. The number of hydrogen-bond donors (Lipinski definition) is 0. The molecule has 5 heteroatoms. The number of ether oxygens (including phenoxy) is 3. The van der Waals surface area contributed by atoms with E-state index in [4.69, 9.17) is 14.2 Å². The van der Waals surface area contributed by atoms with E-state index < -0.39 is 0 Å². The highest BCUT2D eigenvalue weighted by atomic mass is 79.9. The third-order valence-electron chi connectivity index (χ3n) is 3.61. The second kappa shape index (κ2) is 7.66. The summed E-state index contributed by atoms with van der Waals surface area (Å²) < 4.78 is 17.4. The summed E-state index contributed by atoms with van der Waals surface area (Å²) in [7, 11) is 3.30. The molecule has 3 nitrogen and oxygen atoms in total. The van der Waals surface area contributed by atoms with Crippen LogP contribution < -0.4 is 9.47 Å². The Kier molecular flexibility index (Phi) is 6.18. The Labute approximate surface area is 137 Å². The molecule has 1 aliphatic rings. The Hall–Kier alpha value is -0.260. The monoisotopic (exact) mass is 406 g/mol. The topological polar surface area (TPSA) is 27.7 Å². The van der Waals surface area contributed by atoms with Crippen LogP contribution in [0.5, 0.6) is 11.5 Å². The molecule has 0 radical (unpaired) electrons. The van der Waals surface area contributed by atoms with Gasteiger partial charge >= 0.3 is 0 Å². The maximum atomic E-state index is 5.67. The molecule has 0 N–H and O–H groups in total. The van der Waals surface area contributed by atoms with Gasteiger partial charge < -0.3 is 14.2 Å². The van der Waals surface area contributed by atoms with Crippen LogP contribution >= 0.6 is 31.9 Å². The Morgan fingerprint density at radius 1 is 1.30 bits per heavy atom. The first-order valence-electron chi connectivity index (χ1n) is 6.82. The number of halogens is 2. The molecule has 1 aromatic rings. The van der Waals surface area contributed by atoms with Crippen LogP contribution in [-0.2, 0) is 4.74 Å². The third kappa shape index (κ3) is 3.89. The highest BCUT2D eigenvalue weighted by Gasteiger charge is 2.20. The third-order valence-corrected chi connectivity index (χ3v) is 5.24. The summed E-state index contributed by atoms with van der Waals surface area (Å²) in [6, 6.07) is 3.98. The summed E-state index contributed by atoms with van der Waals surface area (Å²) in [5.41, 5.74) is 1.18. The molecule has 2 unspecified atom stereocenters. The Balaban J connectivity index is 2.06. The van der Waals surface area contributed by atoms with Crippen molar-refractivity contribution < 1.29 is 14.2 Å². The van der Waals surface area contributed by atoms with Crippen molar-refractivity contribution in [1.82, 2.24) is 0 Å². The van der Waals surface area contributed by atoms with E-state index in [1.165, 1.54) is 18.4 Å². The van der Waals surface area contributed by atoms with Crippen molar-refractivity contribution in [1.29, 1.82) is 0 Å². The van der Waals surface area contributed by atoms with Gasteiger partial charge in [-0.05, 0) is 43.4 Å². The lowest BCUT2D eigenvalue weighted by Gasteiger charge is -2.17. The SMILES string of the molecule is COc1cc(Br)c(C(Br)CCC2CCCO2)cc1OC. The van der Waals surface area contributed by atoms with Gasteiger partial charge in [0.25, 0.3) is 0 Å². The molecule has 0 aromatic heterocycles. The van der Waals surface area contributed by atoms with E-state index in [1.807, 2.05) is 12.1 Å². The molecule has 2 rings (SSSR count). The molecular formula is C15H20Br2O3. The number of methoxy groups -OCH3 is 2. The lowest BCUT2D eigenvalue weighted by molar-refractivity contribution is 0.102. The number of benzene rings is 1. The average molecular weight is 408 g/mol. The highest BCUT2D eigenvalue weighted by molar-refractivity contribution is 9.11. The quantitative estimate of drug-likeness (QED) is 0.630. The predicted octanol–water partition coefficient (Wildman–Crippen LogP) is 4.86. The van der Waals surface area contributed by atoms with Crippen LogP contribution in [0, 0.1) is 0 Å². The van der Waals surface area contributed by atoms with Crippen molar-refractivity contribution in [2.45, 2.75) is 36.6 Å². The van der Waals surface area contributed by atoms with Crippen LogP contribution in [0.25, 0.3) is 0 Å². The van der Waals surface area contributed by atoms with Crippen molar-refractivity contribution in [2.24, 2.45) is 0 Å². The van der Waals surface area contributed by atoms with Crippen LogP contribution in [-0.4, -0.2) is 26.9 Å². The van der Waals surface area contributed by atoms with Crippen LogP contribution in [0.4, 0.5) is 0 Å². The molecule has 112 valence electrons.